The molecule has 20 heavy (non-hydrogen) atoms. The van der Waals surface area contributed by atoms with Crippen molar-refractivity contribution in [1.29, 1.82) is 0 Å². The van der Waals surface area contributed by atoms with Gasteiger partial charge < -0.3 is 20.5 Å². The third-order valence-corrected chi connectivity index (χ3v) is 3.41. The standard InChI is InChI=1S/C14H18N2O4/c1-20-12-8-10(2-3-11(12)14(18)19)16-13(17)9-4-6-15-7-5-9/h2-3,8-9,15H,4-7H2,1H3,(H,16,17)(H,18,19). The molecule has 1 heterocycles. The van der Waals surface area contributed by atoms with E-state index in [-0.39, 0.29) is 23.1 Å². The molecule has 0 bridgehead atoms. The van der Waals surface area contributed by atoms with Gasteiger partial charge in [0.2, 0.25) is 5.91 Å². The molecule has 1 amide bonds. The zero-order valence-electron chi connectivity index (χ0n) is 11.3. The van der Waals surface area contributed by atoms with Crippen LogP contribution in [0, 0.1) is 5.92 Å². The molecule has 0 unspecified atom stereocenters. The van der Waals surface area contributed by atoms with Crippen LogP contribution in [0.2, 0.25) is 0 Å². The van der Waals surface area contributed by atoms with Gasteiger partial charge in [-0.2, -0.15) is 0 Å². The Morgan fingerprint density at radius 1 is 1.35 bits per heavy atom. The van der Waals surface area contributed by atoms with Crippen LogP contribution in [0.1, 0.15) is 23.2 Å². The van der Waals surface area contributed by atoms with Crippen LogP contribution in [0.3, 0.4) is 0 Å². The van der Waals surface area contributed by atoms with Crippen molar-refractivity contribution < 1.29 is 19.4 Å². The molecule has 1 fully saturated rings. The van der Waals surface area contributed by atoms with Crippen LogP contribution < -0.4 is 15.4 Å². The van der Waals surface area contributed by atoms with Gasteiger partial charge in [-0.05, 0) is 38.1 Å². The first-order valence-electron chi connectivity index (χ1n) is 6.54. The van der Waals surface area contributed by atoms with Gasteiger partial charge in [0.25, 0.3) is 0 Å². The number of methoxy groups -OCH3 is 1. The van der Waals surface area contributed by atoms with E-state index in [1.165, 1.54) is 19.2 Å². The second-order valence-corrected chi connectivity index (χ2v) is 4.73. The van der Waals surface area contributed by atoms with Gasteiger partial charge >= 0.3 is 5.97 Å². The highest BCUT2D eigenvalue weighted by Gasteiger charge is 2.21. The number of hydrogen-bond donors (Lipinski definition) is 3. The van der Waals surface area contributed by atoms with Crippen molar-refractivity contribution in [3.05, 3.63) is 23.8 Å². The molecule has 108 valence electrons. The Kier molecular flexibility index (Phi) is 4.57. The number of anilines is 1. The molecule has 0 aromatic heterocycles. The predicted octanol–water partition coefficient (Wildman–Crippen LogP) is 1.33. The number of aromatic carboxylic acids is 1. The summed E-state index contributed by atoms with van der Waals surface area (Å²) >= 11 is 0. The quantitative estimate of drug-likeness (QED) is 0.773. The summed E-state index contributed by atoms with van der Waals surface area (Å²) in [6, 6.07) is 4.53. The zero-order chi connectivity index (χ0) is 14.5. The maximum Gasteiger partial charge on any atom is 0.339 e. The second-order valence-electron chi connectivity index (χ2n) is 4.73. The van der Waals surface area contributed by atoms with Crippen molar-refractivity contribution in [3.63, 3.8) is 0 Å². The first-order valence-corrected chi connectivity index (χ1v) is 6.54. The van der Waals surface area contributed by atoms with Gasteiger partial charge in [0.05, 0.1) is 7.11 Å². The lowest BCUT2D eigenvalue weighted by atomic mass is 9.97. The predicted molar refractivity (Wildman–Crippen MR) is 74.2 cm³/mol. The Labute approximate surface area is 117 Å². The summed E-state index contributed by atoms with van der Waals surface area (Å²) in [6.45, 7) is 1.69. The third kappa shape index (κ3) is 3.27. The number of nitrogens with one attached hydrogen (secondary N) is 2. The molecule has 0 atom stereocenters. The first kappa shape index (κ1) is 14.3. The average molecular weight is 278 g/mol. The van der Waals surface area contributed by atoms with Crippen molar-refractivity contribution in [2.45, 2.75) is 12.8 Å². The van der Waals surface area contributed by atoms with Gasteiger partial charge in [-0.1, -0.05) is 0 Å². The normalized spacial score (nSPS) is 15.7. The lowest BCUT2D eigenvalue weighted by molar-refractivity contribution is -0.120. The lowest BCUT2D eigenvalue weighted by Gasteiger charge is -2.21. The molecule has 0 radical (unpaired) electrons. The Balaban J connectivity index is 2.09. The summed E-state index contributed by atoms with van der Waals surface area (Å²) in [5.41, 5.74) is 0.628. The molecule has 0 aliphatic carbocycles. The summed E-state index contributed by atoms with van der Waals surface area (Å²) < 4.78 is 5.03. The number of carbonyl (C=O) groups is 2. The number of piperidine rings is 1. The Morgan fingerprint density at radius 2 is 2.05 bits per heavy atom. The zero-order valence-corrected chi connectivity index (χ0v) is 11.3. The van der Waals surface area contributed by atoms with Gasteiger partial charge in [0.1, 0.15) is 11.3 Å². The van der Waals surface area contributed by atoms with E-state index in [9.17, 15) is 9.59 Å². The molecule has 1 saturated heterocycles. The number of ether oxygens (including phenoxy) is 1. The summed E-state index contributed by atoms with van der Waals surface area (Å²) in [7, 11) is 1.40. The summed E-state index contributed by atoms with van der Waals surface area (Å²) in [5, 5.41) is 15.0. The SMILES string of the molecule is COc1cc(NC(=O)C2CCNCC2)ccc1C(=O)O. The van der Waals surface area contributed by atoms with Crippen LogP contribution in [-0.4, -0.2) is 37.2 Å². The fourth-order valence-corrected chi connectivity index (χ4v) is 2.27. The Hall–Kier alpha value is -2.08. The molecule has 2 rings (SSSR count). The van der Waals surface area contributed by atoms with E-state index in [1.54, 1.807) is 6.07 Å². The molecular formula is C14H18N2O4. The fraction of sp³-hybridized carbons (Fsp3) is 0.429. The molecule has 1 aliphatic heterocycles. The summed E-state index contributed by atoms with van der Waals surface area (Å²) in [4.78, 5) is 23.1. The van der Waals surface area contributed by atoms with E-state index in [2.05, 4.69) is 10.6 Å². The largest absolute Gasteiger partial charge is 0.496 e. The lowest BCUT2D eigenvalue weighted by Crippen LogP contribution is -2.34. The number of rotatable bonds is 4. The van der Waals surface area contributed by atoms with Crippen LogP contribution in [0.4, 0.5) is 5.69 Å². The number of amides is 1. The minimum Gasteiger partial charge on any atom is -0.496 e. The number of carboxylic acid groups (broad SMARTS) is 1. The van der Waals surface area contributed by atoms with Crippen LogP contribution in [0.5, 0.6) is 5.75 Å². The van der Waals surface area contributed by atoms with E-state index in [4.69, 9.17) is 9.84 Å². The van der Waals surface area contributed by atoms with Crippen molar-refractivity contribution in [2.24, 2.45) is 5.92 Å². The molecule has 0 spiro atoms. The van der Waals surface area contributed by atoms with Crippen molar-refractivity contribution in [3.8, 4) is 5.75 Å². The minimum absolute atomic E-state index is 0.00129. The number of carboxylic acids is 1. The minimum atomic E-state index is -1.06. The van der Waals surface area contributed by atoms with Crippen molar-refractivity contribution in [1.82, 2.24) is 5.32 Å². The molecular weight excluding hydrogens is 260 g/mol. The van der Waals surface area contributed by atoms with Crippen LogP contribution >= 0.6 is 0 Å². The highest BCUT2D eigenvalue weighted by Crippen LogP contribution is 2.24. The van der Waals surface area contributed by atoms with E-state index in [0.717, 1.165) is 25.9 Å². The molecule has 3 N–H and O–H groups in total. The second kappa shape index (κ2) is 6.38. The van der Waals surface area contributed by atoms with Gasteiger partial charge in [-0.25, -0.2) is 4.79 Å². The number of carbonyl (C=O) groups excluding carboxylic acids is 1. The number of benzene rings is 1. The average Bonchev–Trinajstić information content (AvgIpc) is 2.47. The maximum atomic E-state index is 12.1. The van der Waals surface area contributed by atoms with Crippen molar-refractivity contribution in [2.75, 3.05) is 25.5 Å². The highest BCUT2D eigenvalue weighted by molar-refractivity contribution is 5.95. The topological polar surface area (TPSA) is 87.7 Å². The monoisotopic (exact) mass is 278 g/mol. The van der Waals surface area contributed by atoms with Crippen LogP contribution in [-0.2, 0) is 4.79 Å². The molecule has 6 heteroatoms. The Bertz CT molecular complexity index is 510. The first-order chi connectivity index (χ1) is 9.61. The third-order valence-electron chi connectivity index (χ3n) is 3.41. The van der Waals surface area contributed by atoms with Gasteiger partial charge in [0.15, 0.2) is 0 Å². The molecule has 1 aromatic rings. The van der Waals surface area contributed by atoms with Crippen LogP contribution in [0.15, 0.2) is 18.2 Å². The molecule has 1 aromatic carbocycles. The van der Waals surface area contributed by atoms with E-state index >= 15 is 0 Å². The molecule has 0 saturated carbocycles. The van der Waals surface area contributed by atoms with Gasteiger partial charge in [-0.3, -0.25) is 4.79 Å². The fourth-order valence-electron chi connectivity index (χ4n) is 2.27. The highest BCUT2D eigenvalue weighted by atomic mass is 16.5. The number of hydrogen-bond acceptors (Lipinski definition) is 4. The van der Waals surface area contributed by atoms with Crippen LogP contribution in [0.25, 0.3) is 0 Å². The van der Waals surface area contributed by atoms with Gasteiger partial charge in [-0.15, -0.1) is 0 Å². The molecule has 6 nitrogen and oxygen atoms in total. The van der Waals surface area contributed by atoms with Gasteiger partial charge in [0, 0.05) is 17.7 Å². The van der Waals surface area contributed by atoms with E-state index < -0.39 is 5.97 Å². The van der Waals surface area contributed by atoms with E-state index in [1.807, 2.05) is 0 Å². The summed E-state index contributed by atoms with van der Waals surface area (Å²) in [6.07, 6.45) is 1.63. The van der Waals surface area contributed by atoms with E-state index in [0.29, 0.717) is 5.69 Å². The molecule has 1 aliphatic rings. The smallest absolute Gasteiger partial charge is 0.339 e. The van der Waals surface area contributed by atoms with Crippen molar-refractivity contribution >= 4 is 17.6 Å². The maximum absolute atomic E-state index is 12.1. The Morgan fingerprint density at radius 3 is 2.65 bits per heavy atom. The summed E-state index contributed by atoms with van der Waals surface area (Å²) in [5.74, 6) is -0.850.